The van der Waals surface area contributed by atoms with Crippen molar-refractivity contribution in [1.29, 1.82) is 5.26 Å². The molecule has 8 atom stereocenters. The van der Waals surface area contributed by atoms with Gasteiger partial charge in [-0.2, -0.15) is 10.4 Å². The molecular weight excluding hydrogens is 386 g/mol. The predicted molar refractivity (Wildman–Crippen MR) is 118 cm³/mol. The topological polar surface area (TPSA) is 78.9 Å². The third kappa shape index (κ3) is 3.20. The fourth-order valence-corrected chi connectivity index (χ4v) is 8.64. The number of rotatable bonds is 3. The molecule has 168 valence electrons. The van der Waals surface area contributed by atoms with Gasteiger partial charge in [-0.25, -0.2) is 0 Å². The highest BCUT2D eigenvalue weighted by Crippen LogP contribution is 2.68. The number of hydrogen-bond acceptors (Lipinski definition) is 4. The van der Waals surface area contributed by atoms with Gasteiger partial charge in [-0.1, -0.05) is 13.8 Å². The molecule has 0 bridgehead atoms. The summed E-state index contributed by atoms with van der Waals surface area (Å²) in [6.07, 6.45) is 13.4. The molecule has 4 fully saturated rings. The van der Waals surface area contributed by atoms with E-state index in [1.54, 1.807) is 17.1 Å². The Morgan fingerprint density at radius 3 is 2.65 bits per heavy atom. The van der Waals surface area contributed by atoms with Gasteiger partial charge in [-0.15, -0.1) is 0 Å². The van der Waals surface area contributed by atoms with Crippen LogP contribution in [0.5, 0.6) is 0 Å². The van der Waals surface area contributed by atoms with Crippen LogP contribution in [-0.4, -0.2) is 26.3 Å². The lowest BCUT2D eigenvalue weighted by Gasteiger charge is -2.58. The lowest BCUT2D eigenvalue weighted by Crippen LogP contribution is -2.53. The van der Waals surface area contributed by atoms with Crippen molar-refractivity contribution in [2.75, 3.05) is 0 Å². The van der Waals surface area contributed by atoms with Crippen LogP contribution in [0.25, 0.3) is 0 Å². The van der Waals surface area contributed by atoms with Crippen LogP contribution in [0.2, 0.25) is 0 Å². The molecule has 0 unspecified atom stereocenters. The first-order chi connectivity index (χ1) is 14.7. The number of aliphatic hydroxyl groups is 1. The fraction of sp³-hybridized carbons (Fsp3) is 0.808. The molecule has 0 radical (unpaired) electrons. The summed E-state index contributed by atoms with van der Waals surface area (Å²) in [4.78, 5) is 13.6. The molecule has 1 aromatic rings. The lowest BCUT2D eigenvalue weighted by molar-refractivity contribution is -0.144. The summed E-state index contributed by atoms with van der Waals surface area (Å²) < 4.78 is 1.65. The van der Waals surface area contributed by atoms with Crippen LogP contribution < -0.4 is 0 Å². The molecule has 31 heavy (non-hydrogen) atoms. The van der Waals surface area contributed by atoms with E-state index in [1.807, 2.05) is 6.92 Å². The average Bonchev–Trinajstić information content (AvgIpc) is 3.29. The molecule has 0 saturated heterocycles. The first-order valence-electron chi connectivity index (χ1n) is 12.4. The van der Waals surface area contributed by atoms with Crippen molar-refractivity contribution < 1.29 is 9.90 Å². The molecule has 0 aromatic carbocycles. The Kier molecular flexibility index (Phi) is 4.90. The maximum absolute atomic E-state index is 13.6. The van der Waals surface area contributed by atoms with Crippen LogP contribution in [0.3, 0.4) is 0 Å². The Balaban J connectivity index is 1.35. The number of hydrogen-bond donors (Lipinski definition) is 1. The summed E-state index contributed by atoms with van der Waals surface area (Å²) in [6.45, 7) is 6.92. The largest absolute Gasteiger partial charge is 0.390 e. The Morgan fingerprint density at radius 1 is 1.13 bits per heavy atom. The molecule has 0 spiro atoms. The summed E-state index contributed by atoms with van der Waals surface area (Å²) in [5, 5.41) is 23.9. The average molecular weight is 424 g/mol. The second-order valence-corrected chi connectivity index (χ2v) is 12.0. The third-order valence-corrected chi connectivity index (χ3v) is 10.5. The number of fused-ring (bicyclic) bond motifs is 5. The van der Waals surface area contributed by atoms with Crippen LogP contribution in [-0.2, 0) is 11.3 Å². The van der Waals surface area contributed by atoms with E-state index in [2.05, 4.69) is 25.0 Å². The monoisotopic (exact) mass is 423 g/mol. The van der Waals surface area contributed by atoms with Crippen LogP contribution >= 0.6 is 0 Å². The van der Waals surface area contributed by atoms with Crippen molar-refractivity contribution in [1.82, 2.24) is 9.78 Å². The number of nitrogens with zero attached hydrogens (tertiary/aromatic N) is 3. The smallest absolute Gasteiger partial charge is 0.160 e. The van der Waals surface area contributed by atoms with E-state index in [0.29, 0.717) is 17.4 Å². The van der Waals surface area contributed by atoms with Crippen molar-refractivity contribution in [3.05, 3.63) is 18.0 Å². The van der Waals surface area contributed by atoms with E-state index in [1.165, 1.54) is 25.7 Å². The quantitative estimate of drug-likeness (QED) is 0.762. The fourth-order valence-electron chi connectivity index (χ4n) is 8.64. The zero-order valence-electron chi connectivity index (χ0n) is 19.3. The number of carbonyl (C=O) groups excluding carboxylic acids is 1. The zero-order chi connectivity index (χ0) is 22.0. The number of nitriles is 1. The Bertz CT molecular complexity index is 914. The molecule has 5 rings (SSSR count). The van der Waals surface area contributed by atoms with Gasteiger partial charge in [-0.05, 0) is 99.7 Å². The second kappa shape index (κ2) is 7.17. The molecule has 4 saturated carbocycles. The predicted octanol–water partition coefficient (Wildman–Crippen LogP) is 4.73. The Hall–Kier alpha value is -1.67. The molecule has 4 aliphatic rings. The molecular formula is C26H37N3O2. The normalized spacial score (nSPS) is 46.5. The molecule has 5 nitrogen and oxygen atoms in total. The van der Waals surface area contributed by atoms with E-state index in [-0.39, 0.29) is 23.2 Å². The van der Waals surface area contributed by atoms with Gasteiger partial charge in [0.1, 0.15) is 12.6 Å². The van der Waals surface area contributed by atoms with Gasteiger partial charge in [0.05, 0.1) is 17.4 Å². The zero-order valence-corrected chi connectivity index (χ0v) is 19.3. The van der Waals surface area contributed by atoms with Gasteiger partial charge in [0.25, 0.3) is 0 Å². The number of ketones is 1. The molecule has 4 aliphatic carbocycles. The van der Waals surface area contributed by atoms with Gasteiger partial charge in [0.2, 0.25) is 0 Å². The Morgan fingerprint density at radius 2 is 1.90 bits per heavy atom. The first kappa shape index (κ1) is 21.2. The molecule has 1 aromatic heterocycles. The highest BCUT2D eigenvalue weighted by Gasteiger charge is 2.63. The molecule has 5 heteroatoms. The number of aromatic nitrogens is 2. The van der Waals surface area contributed by atoms with Gasteiger partial charge in [0, 0.05) is 11.6 Å². The number of Topliss-reactive ketones (excluding diaryl/α,β-unsaturated/α-hetero) is 1. The van der Waals surface area contributed by atoms with E-state index in [0.717, 1.165) is 49.9 Å². The van der Waals surface area contributed by atoms with Crippen LogP contribution in [0.4, 0.5) is 0 Å². The molecule has 1 N–H and O–H groups in total. The van der Waals surface area contributed by atoms with Gasteiger partial charge >= 0.3 is 0 Å². The van der Waals surface area contributed by atoms with Crippen molar-refractivity contribution in [2.45, 2.75) is 90.7 Å². The van der Waals surface area contributed by atoms with E-state index in [9.17, 15) is 9.90 Å². The van der Waals surface area contributed by atoms with Crippen molar-refractivity contribution in [2.24, 2.45) is 40.4 Å². The highest BCUT2D eigenvalue weighted by atomic mass is 16.3. The Labute approximate surface area is 186 Å². The maximum Gasteiger partial charge on any atom is 0.160 e. The number of carbonyl (C=O) groups is 1. The molecule has 0 aliphatic heterocycles. The minimum Gasteiger partial charge on any atom is -0.390 e. The summed E-state index contributed by atoms with van der Waals surface area (Å²) >= 11 is 0. The van der Waals surface area contributed by atoms with Crippen LogP contribution in [0, 0.1) is 51.8 Å². The first-order valence-corrected chi connectivity index (χ1v) is 12.4. The van der Waals surface area contributed by atoms with Crippen LogP contribution in [0.15, 0.2) is 12.4 Å². The summed E-state index contributed by atoms with van der Waals surface area (Å²) in [6, 6.07) is 2.10. The van der Waals surface area contributed by atoms with Crippen molar-refractivity contribution >= 4 is 5.78 Å². The summed E-state index contributed by atoms with van der Waals surface area (Å²) in [5.74, 6) is 3.92. The maximum atomic E-state index is 13.6. The van der Waals surface area contributed by atoms with Gasteiger partial charge in [0.15, 0.2) is 5.78 Å². The van der Waals surface area contributed by atoms with E-state index in [4.69, 9.17) is 5.26 Å². The van der Waals surface area contributed by atoms with E-state index >= 15 is 0 Å². The molecule has 0 amide bonds. The summed E-state index contributed by atoms with van der Waals surface area (Å²) in [7, 11) is 0. The van der Waals surface area contributed by atoms with Crippen molar-refractivity contribution in [3.63, 3.8) is 0 Å². The summed E-state index contributed by atoms with van der Waals surface area (Å²) in [5.41, 5.74) is -0.206. The highest BCUT2D eigenvalue weighted by molar-refractivity contribution is 5.85. The van der Waals surface area contributed by atoms with Gasteiger partial charge < -0.3 is 5.11 Å². The van der Waals surface area contributed by atoms with Crippen LogP contribution in [0.1, 0.15) is 84.1 Å². The molecule has 1 heterocycles. The minimum atomic E-state index is -0.465. The van der Waals surface area contributed by atoms with Crippen molar-refractivity contribution in [3.8, 4) is 6.07 Å². The third-order valence-electron chi connectivity index (χ3n) is 10.5. The van der Waals surface area contributed by atoms with Gasteiger partial charge in [-0.3, -0.25) is 9.48 Å². The van der Waals surface area contributed by atoms with E-state index < -0.39 is 5.60 Å². The minimum absolute atomic E-state index is 0.0590. The standard InChI is InChI=1S/C26H37N3O2/c1-24(31)9-6-19-18(12-24)4-5-21-20(19)7-10-25(2)22(21)8-11-26(25,3)23(30)16-29-15-17(13-27)14-28-29/h14-15,18-22,31H,4-12,16H2,1-3H3/t18-,19+,20-,21-,22+,24-,25+,26-/m1/s1. The second-order valence-electron chi connectivity index (χ2n) is 12.0. The SMILES string of the molecule is C[C@@]1(O)CC[C@H]2[C@H](CC[C@@H]3[C@@H]2CC[C@@]2(C)[C@H]3CC[C@]2(C)C(=O)Cn2cc(C#N)cn2)C1. The lowest BCUT2D eigenvalue weighted by atomic mass is 9.47.